The number of benzene rings is 2. The van der Waals surface area contributed by atoms with Gasteiger partial charge in [0.15, 0.2) is 0 Å². The Hall–Kier alpha value is -1.42. The first-order valence-corrected chi connectivity index (χ1v) is 6.64. The van der Waals surface area contributed by atoms with E-state index in [2.05, 4.69) is 30.3 Å². The molecular formula is C16H21NO2. The lowest BCUT2D eigenvalue weighted by molar-refractivity contribution is 0.0925. The molecule has 2 rings (SSSR count). The molecule has 0 saturated carbocycles. The van der Waals surface area contributed by atoms with Gasteiger partial charge in [-0.1, -0.05) is 42.5 Å². The van der Waals surface area contributed by atoms with Crippen LogP contribution < -0.4 is 0 Å². The largest absolute Gasteiger partial charge is 0.395 e. The van der Waals surface area contributed by atoms with Crippen LogP contribution in [0.1, 0.15) is 5.56 Å². The lowest BCUT2D eigenvalue weighted by Crippen LogP contribution is -2.38. The first-order valence-electron chi connectivity index (χ1n) is 6.64. The molecule has 0 aliphatic heterocycles. The van der Waals surface area contributed by atoms with Crippen LogP contribution in [0.2, 0.25) is 0 Å². The van der Waals surface area contributed by atoms with E-state index >= 15 is 0 Å². The highest BCUT2D eigenvalue weighted by molar-refractivity contribution is 5.82. The van der Waals surface area contributed by atoms with Gasteiger partial charge in [-0.15, -0.1) is 0 Å². The molecular weight excluding hydrogens is 238 g/mol. The van der Waals surface area contributed by atoms with E-state index in [9.17, 15) is 0 Å². The molecule has 0 aromatic heterocycles. The van der Waals surface area contributed by atoms with Gasteiger partial charge in [-0.3, -0.25) is 4.90 Å². The average molecular weight is 259 g/mol. The molecule has 0 radical (unpaired) electrons. The fourth-order valence-corrected chi connectivity index (χ4v) is 2.22. The van der Waals surface area contributed by atoms with Crippen molar-refractivity contribution in [2.24, 2.45) is 0 Å². The van der Waals surface area contributed by atoms with Gasteiger partial charge in [-0.2, -0.15) is 0 Å². The molecule has 19 heavy (non-hydrogen) atoms. The quantitative estimate of drug-likeness (QED) is 0.829. The summed E-state index contributed by atoms with van der Waals surface area (Å²) in [4.78, 5) is 2.00. The second kappa shape index (κ2) is 6.66. The highest BCUT2D eigenvalue weighted by Gasteiger charge is 2.11. The summed E-state index contributed by atoms with van der Waals surface area (Å²) in [5, 5.41) is 20.8. The zero-order chi connectivity index (χ0) is 13.7. The summed E-state index contributed by atoms with van der Waals surface area (Å²) < 4.78 is 0. The second-order valence-corrected chi connectivity index (χ2v) is 4.93. The molecule has 0 fully saturated rings. The van der Waals surface area contributed by atoms with Crippen molar-refractivity contribution in [1.29, 1.82) is 0 Å². The van der Waals surface area contributed by atoms with Gasteiger partial charge in [0.05, 0.1) is 19.3 Å². The summed E-state index contributed by atoms with van der Waals surface area (Å²) in [7, 11) is 1.93. The van der Waals surface area contributed by atoms with Crippen LogP contribution in [0.5, 0.6) is 0 Å². The van der Waals surface area contributed by atoms with Crippen molar-refractivity contribution >= 4 is 10.8 Å². The molecule has 0 spiro atoms. The van der Waals surface area contributed by atoms with Gasteiger partial charge in [-0.05, 0) is 29.8 Å². The summed E-state index contributed by atoms with van der Waals surface area (Å²) in [6.45, 7) is 0.805. The number of rotatable bonds is 6. The minimum atomic E-state index is -0.166. The number of aliphatic hydroxyl groups is 2. The SMILES string of the molecule is CN(CCc1ccc2ccccc2c1)C(CO)CO. The minimum absolute atomic E-state index is 0.00921. The van der Waals surface area contributed by atoms with Crippen LogP contribution in [0.3, 0.4) is 0 Å². The first kappa shape index (κ1) is 14.0. The molecule has 0 unspecified atom stereocenters. The van der Waals surface area contributed by atoms with E-state index in [1.165, 1.54) is 16.3 Å². The number of likely N-dealkylation sites (N-methyl/N-ethyl adjacent to an activating group) is 1. The summed E-state index contributed by atoms with van der Waals surface area (Å²) in [5.74, 6) is 0. The predicted octanol–water partition coefficient (Wildman–Crippen LogP) is 1.67. The maximum absolute atomic E-state index is 9.13. The van der Waals surface area contributed by atoms with Gasteiger partial charge in [0, 0.05) is 6.54 Å². The van der Waals surface area contributed by atoms with Crippen molar-refractivity contribution in [3.8, 4) is 0 Å². The average Bonchev–Trinajstić information content (AvgIpc) is 2.46. The molecule has 102 valence electrons. The van der Waals surface area contributed by atoms with Crippen LogP contribution in [-0.2, 0) is 6.42 Å². The number of fused-ring (bicyclic) bond motifs is 1. The third kappa shape index (κ3) is 3.53. The molecule has 0 heterocycles. The van der Waals surface area contributed by atoms with Crippen LogP contribution in [0, 0.1) is 0 Å². The Morgan fingerprint density at radius 1 is 1.00 bits per heavy atom. The zero-order valence-corrected chi connectivity index (χ0v) is 11.3. The van der Waals surface area contributed by atoms with Gasteiger partial charge in [0.1, 0.15) is 0 Å². The first-order chi connectivity index (χ1) is 9.24. The standard InChI is InChI=1S/C16H21NO2/c1-17(16(11-18)12-19)9-8-13-6-7-14-4-2-3-5-15(14)10-13/h2-7,10,16,18-19H,8-9,11-12H2,1H3. The summed E-state index contributed by atoms with van der Waals surface area (Å²) in [5.41, 5.74) is 1.28. The molecule has 0 aliphatic rings. The summed E-state index contributed by atoms with van der Waals surface area (Å²) >= 11 is 0. The molecule has 0 bridgehead atoms. The number of hydrogen-bond donors (Lipinski definition) is 2. The van der Waals surface area contributed by atoms with Gasteiger partial charge < -0.3 is 10.2 Å². The summed E-state index contributed by atoms with van der Waals surface area (Å²) in [6, 6.07) is 14.6. The fourth-order valence-electron chi connectivity index (χ4n) is 2.22. The molecule has 0 saturated heterocycles. The van der Waals surface area contributed by atoms with Crippen LogP contribution in [0.15, 0.2) is 42.5 Å². The van der Waals surface area contributed by atoms with E-state index in [0.29, 0.717) is 0 Å². The topological polar surface area (TPSA) is 43.7 Å². The minimum Gasteiger partial charge on any atom is -0.395 e. The highest BCUT2D eigenvalue weighted by atomic mass is 16.3. The number of nitrogens with zero attached hydrogens (tertiary/aromatic N) is 1. The van der Waals surface area contributed by atoms with Crippen molar-refractivity contribution in [2.45, 2.75) is 12.5 Å². The van der Waals surface area contributed by atoms with Crippen LogP contribution in [0.25, 0.3) is 10.8 Å². The molecule has 3 heteroatoms. The van der Waals surface area contributed by atoms with Crippen molar-refractivity contribution in [1.82, 2.24) is 4.90 Å². The molecule has 0 aliphatic carbocycles. The Labute approximate surface area is 114 Å². The maximum Gasteiger partial charge on any atom is 0.0609 e. The van der Waals surface area contributed by atoms with Gasteiger partial charge >= 0.3 is 0 Å². The fraction of sp³-hybridized carbons (Fsp3) is 0.375. The van der Waals surface area contributed by atoms with Gasteiger partial charge in [0.25, 0.3) is 0 Å². The monoisotopic (exact) mass is 259 g/mol. The van der Waals surface area contributed by atoms with Crippen molar-refractivity contribution in [3.05, 3.63) is 48.0 Å². The van der Waals surface area contributed by atoms with Crippen molar-refractivity contribution in [2.75, 3.05) is 26.8 Å². The summed E-state index contributed by atoms with van der Waals surface area (Å²) in [6.07, 6.45) is 0.915. The molecule has 0 amide bonds. The van der Waals surface area contributed by atoms with E-state index in [0.717, 1.165) is 13.0 Å². The molecule has 2 aromatic rings. The lowest BCUT2D eigenvalue weighted by Gasteiger charge is -2.24. The third-order valence-corrected chi connectivity index (χ3v) is 3.61. The Morgan fingerprint density at radius 3 is 2.37 bits per heavy atom. The Morgan fingerprint density at radius 2 is 1.68 bits per heavy atom. The van der Waals surface area contributed by atoms with Crippen LogP contribution >= 0.6 is 0 Å². The van der Waals surface area contributed by atoms with Crippen LogP contribution in [-0.4, -0.2) is 48.0 Å². The zero-order valence-electron chi connectivity index (χ0n) is 11.3. The molecule has 0 atom stereocenters. The van der Waals surface area contributed by atoms with E-state index in [1.54, 1.807) is 0 Å². The normalized spacial score (nSPS) is 11.6. The second-order valence-electron chi connectivity index (χ2n) is 4.93. The predicted molar refractivity (Wildman–Crippen MR) is 78.2 cm³/mol. The molecule has 2 N–H and O–H groups in total. The van der Waals surface area contributed by atoms with Crippen molar-refractivity contribution < 1.29 is 10.2 Å². The Kier molecular flexibility index (Phi) is 4.91. The smallest absolute Gasteiger partial charge is 0.0609 e. The van der Waals surface area contributed by atoms with E-state index in [-0.39, 0.29) is 19.3 Å². The molecule has 3 nitrogen and oxygen atoms in total. The highest BCUT2D eigenvalue weighted by Crippen LogP contribution is 2.16. The lowest BCUT2D eigenvalue weighted by atomic mass is 10.0. The van der Waals surface area contributed by atoms with E-state index in [4.69, 9.17) is 10.2 Å². The number of aliphatic hydroxyl groups excluding tert-OH is 2. The van der Waals surface area contributed by atoms with Gasteiger partial charge in [0.2, 0.25) is 0 Å². The van der Waals surface area contributed by atoms with Crippen molar-refractivity contribution in [3.63, 3.8) is 0 Å². The molecule has 2 aromatic carbocycles. The van der Waals surface area contributed by atoms with E-state index < -0.39 is 0 Å². The van der Waals surface area contributed by atoms with Gasteiger partial charge in [-0.25, -0.2) is 0 Å². The third-order valence-electron chi connectivity index (χ3n) is 3.61. The Balaban J connectivity index is 2.01. The van der Waals surface area contributed by atoms with Crippen LogP contribution in [0.4, 0.5) is 0 Å². The number of hydrogen-bond acceptors (Lipinski definition) is 3. The van der Waals surface area contributed by atoms with E-state index in [1.807, 2.05) is 24.1 Å². The Bertz CT molecular complexity index is 523. The maximum atomic E-state index is 9.13.